The normalized spacial score (nSPS) is 76.4. The Morgan fingerprint density at radius 1 is 0.800 bits per heavy atom. The molecule has 15 heavy (non-hydrogen) atoms. The number of rotatable bonds is 0. The van der Waals surface area contributed by atoms with E-state index in [1.54, 1.807) is 6.42 Å². The number of hydrogen-bond donors (Lipinski definition) is 0. The Hall–Kier alpha value is 0. The van der Waals surface area contributed by atoms with Crippen molar-refractivity contribution in [3.8, 4) is 0 Å². The summed E-state index contributed by atoms with van der Waals surface area (Å²) in [5, 5.41) is 0. The molecule has 0 heterocycles. The summed E-state index contributed by atoms with van der Waals surface area (Å²) in [6.45, 7) is 15.4. The first kappa shape index (κ1) is 9.07. The van der Waals surface area contributed by atoms with Crippen LogP contribution in [-0.4, -0.2) is 0 Å². The summed E-state index contributed by atoms with van der Waals surface area (Å²) in [6.07, 6.45) is 1.56. The third-order valence-electron chi connectivity index (χ3n) is 9.02. The first-order valence-electron chi connectivity index (χ1n) is 6.79. The van der Waals surface area contributed by atoms with Crippen molar-refractivity contribution in [2.75, 3.05) is 0 Å². The van der Waals surface area contributed by atoms with Crippen LogP contribution in [0.5, 0.6) is 0 Å². The van der Waals surface area contributed by atoms with Gasteiger partial charge in [-0.15, -0.1) is 0 Å². The van der Waals surface area contributed by atoms with Crippen molar-refractivity contribution < 1.29 is 0 Å². The van der Waals surface area contributed by atoms with Crippen molar-refractivity contribution in [3.63, 3.8) is 0 Å². The van der Waals surface area contributed by atoms with E-state index in [-0.39, 0.29) is 0 Å². The molecule has 0 heteroatoms. The fraction of sp³-hybridized carbons (Fsp3) is 1.00. The fourth-order valence-electron chi connectivity index (χ4n) is 8.05. The molecular weight excluding hydrogens is 180 g/mol. The van der Waals surface area contributed by atoms with Gasteiger partial charge >= 0.3 is 0 Å². The molecule has 1 spiro atoms. The van der Waals surface area contributed by atoms with E-state index in [0.29, 0.717) is 16.2 Å². The van der Waals surface area contributed by atoms with Gasteiger partial charge < -0.3 is 0 Å². The zero-order valence-corrected chi connectivity index (χ0v) is 11.0. The van der Waals surface area contributed by atoms with Crippen LogP contribution in [0, 0.1) is 45.3 Å². The molecule has 4 saturated carbocycles. The average molecular weight is 204 g/mol. The first-order valence-corrected chi connectivity index (χ1v) is 6.79. The van der Waals surface area contributed by atoms with E-state index in [4.69, 9.17) is 0 Å². The molecule has 6 atom stereocenters. The SMILES string of the molecule is CC1C2CC3C(C)C4(C)C(C)(C)C1(C)C234. The van der Waals surface area contributed by atoms with Crippen LogP contribution in [-0.2, 0) is 0 Å². The van der Waals surface area contributed by atoms with Gasteiger partial charge in [0.05, 0.1) is 0 Å². The molecule has 0 radical (unpaired) electrons. The molecule has 0 aromatic heterocycles. The molecule has 0 aromatic carbocycles. The Bertz CT molecular complexity index is 345. The fourth-order valence-corrected chi connectivity index (χ4v) is 8.05. The second kappa shape index (κ2) is 1.73. The van der Waals surface area contributed by atoms with Crippen LogP contribution in [0.15, 0.2) is 0 Å². The minimum absolute atomic E-state index is 0.576. The van der Waals surface area contributed by atoms with Crippen molar-refractivity contribution in [1.82, 2.24) is 0 Å². The molecule has 0 amide bonds. The predicted molar refractivity (Wildman–Crippen MR) is 62.4 cm³/mol. The van der Waals surface area contributed by atoms with Crippen LogP contribution in [0.2, 0.25) is 0 Å². The van der Waals surface area contributed by atoms with Crippen molar-refractivity contribution in [2.45, 2.75) is 48.0 Å². The van der Waals surface area contributed by atoms with E-state index in [9.17, 15) is 0 Å². The topological polar surface area (TPSA) is 0 Å². The summed E-state index contributed by atoms with van der Waals surface area (Å²) in [7, 11) is 0. The van der Waals surface area contributed by atoms with E-state index in [2.05, 4.69) is 41.5 Å². The average Bonchev–Trinajstić information content (AvgIpc) is 2.15. The van der Waals surface area contributed by atoms with Crippen molar-refractivity contribution in [3.05, 3.63) is 0 Å². The van der Waals surface area contributed by atoms with E-state index < -0.39 is 0 Å². The lowest BCUT2D eigenvalue weighted by atomic mass is 8.99. The third-order valence-corrected chi connectivity index (χ3v) is 9.02. The van der Waals surface area contributed by atoms with Crippen molar-refractivity contribution in [1.29, 1.82) is 0 Å². The van der Waals surface area contributed by atoms with Crippen LogP contribution in [0.4, 0.5) is 0 Å². The number of hydrogen-bond acceptors (Lipinski definition) is 0. The summed E-state index contributed by atoms with van der Waals surface area (Å²) >= 11 is 0. The molecule has 4 fully saturated rings. The van der Waals surface area contributed by atoms with E-state index in [1.807, 2.05) is 0 Å². The highest BCUT2D eigenvalue weighted by atomic mass is 15.0. The standard InChI is InChI=1S/C15H24/c1-8-10-7-11-9(2)14(6)12(3,4)13(8,5)15(10,11)14/h8-11H,7H2,1-6H3. The minimum atomic E-state index is 0.576. The summed E-state index contributed by atoms with van der Waals surface area (Å²) in [5.74, 6) is 4.18. The zero-order chi connectivity index (χ0) is 11.0. The lowest BCUT2D eigenvalue weighted by Crippen LogP contribution is -3.00. The monoisotopic (exact) mass is 204 g/mol. The molecule has 6 unspecified atom stereocenters. The van der Waals surface area contributed by atoms with Gasteiger partial charge in [-0.1, -0.05) is 41.5 Å². The smallest absolute Gasteiger partial charge is 0.0112 e. The largest absolute Gasteiger partial charge is 0.0617 e. The molecule has 4 rings (SSSR count). The molecule has 4 aliphatic rings. The summed E-state index contributed by atoms with van der Waals surface area (Å²) in [4.78, 5) is 0. The quantitative estimate of drug-likeness (QED) is 0.560. The highest BCUT2D eigenvalue weighted by Gasteiger charge is 3.00. The molecule has 0 nitrogen and oxygen atoms in total. The lowest BCUT2D eigenvalue weighted by molar-refractivity contribution is -0.578. The second-order valence-corrected chi connectivity index (χ2v) is 7.92. The van der Waals surface area contributed by atoms with Gasteiger partial charge in [-0.25, -0.2) is 0 Å². The molecule has 4 aliphatic carbocycles. The van der Waals surface area contributed by atoms with Gasteiger partial charge in [0.2, 0.25) is 0 Å². The van der Waals surface area contributed by atoms with E-state index in [1.165, 1.54) is 0 Å². The lowest BCUT2D eigenvalue weighted by Gasteiger charge is -3.04. The highest BCUT2D eigenvalue weighted by molar-refractivity contribution is 5.47. The molecule has 84 valence electrons. The predicted octanol–water partition coefficient (Wildman–Crippen LogP) is 3.96. The van der Waals surface area contributed by atoms with Gasteiger partial charge in [0.15, 0.2) is 0 Å². The second-order valence-electron chi connectivity index (χ2n) is 7.92. The van der Waals surface area contributed by atoms with Crippen molar-refractivity contribution >= 4 is 0 Å². The van der Waals surface area contributed by atoms with Gasteiger partial charge in [0.25, 0.3) is 0 Å². The minimum Gasteiger partial charge on any atom is -0.0617 e. The Morgan fingerprint density at radius 3 is 1.60 bits per heavy atom. The van der Waals surface area contributed by atoms with Crippen LogP contribution in [0.1, 0.15) is 48.0 Å². The summed E-state index contributed by atoms with van der Waals surface area (Å²) in [5.41, 5.74) is 2.73. The summed E-state index contributed by atoms with van der Waals surface area (Å²) < 4.78 is 0. The van der Waals surface area contributed by atoms with E-state index in [0.717, 1.165) is 29.1 Å². The first-order chi connectivity index (χ1) is 6.79. The van der Waals surface area contributed by atoms with Gasteiger partial charge in [0, 0.05) is 0 Å². The Balaban J connectivity index is 1.92. The molecular formula is C15H24. The van der Waals surface area contributed by atoms with E-state index >= 15 is 0 Å². The molecule has 0 N–H and O–H groups in total. The van der Waals surface area contributed by atoms with Crippen LogP contribution in [0.3, 0.4) is 0 Å². The van der Waals surface area contributed by atoms with Gasteiger partial charge in [-0.3, -0.25) is 0 Å². The maximum absolute atomic E-state index is 2.61. The van der Waals surface area contributed by atoms with Crippen LogP contribution >= 0.6 is 0 Å². The molecule has 0 saturated heterocycles. The van der Waals surface area contributed by atoms with Crippen molar-refractivity contribution in [2.24, 2.45) is 45.3 Å². The van der Waals surface area contributed by atoms with Gasteiger partial charge in [-0.05, 0) is 51.8 Å². The zero-order valence-electron chi connectivity index (χ0n) is 11.0. The Kier molecular flexibility index (Phi) is 1.05. The Morgan fingerprint density at radius 2 is 1.20 bits per heavy atom. The maximum atomic E-state index is 2.61. The molecule has 0 aromatic rings. The highest BCUT2D eigenvalue weighted by Crippen LogP contribution is 3.04. The van der Waals surface area contributed by atoms with Gasteiger partial charge in [-0.2, -0.15) is 0 Å². The molecule has 0 bridgehead atoms. The van der Waals surface area contributed by atoms with Crippen LogP contribution in [0.25, 0.3) is 0 Å². The maximum Gasteiger partial charge on any atom is -0.0112 e. The van der Waals surface area contributed by atoms with Crippen LogP contribution < -0.4 is 0 Å². The summed E-state index contributed by atoms with van der Waals surface area (Å²) in [6, 6.07) is 0. The Labute approximate surface area is 93.8 Å². The third kappa shape index (κ3) is 0.389. The van der Waals surface area contributed by atoms with Gasteiger partial charge in [0.1, 0.15) is 0 Å². The molecule has 0 aliphatic heterocycles.